The molecule has 1 unspecified atom stereocenters. The van der Waals surface area contributed by atoms with E-state index in [-0.39, 0.29) is 0 Å². The van der Waals surface area contributed by atoms with Crippen molar-refractivity contribution < 1.29 is 0 Å². The van der Waals surface area contributed by atoms with Crippen LogP contribution in [-0.4, -0.2) is 6.54 Å². The maximum atomic E-state index is 3.52. The van der Waals surface area contributed by atoms with Gasteiger partial charge in [-0.05, 0) is 36.4 Å². The molecule has 1 aliphatic rings. The number of thiophene rings is 1. The first kappa shape index (κ1) is 7.32. The van der Waals surface area contributed by atoms with Crippen LogP contribution >= 0.6 is 11.3 Å². The Kier molecular flexibility index (Phi) is 1.96. The van der Waals surface area contributed by atoms with Gasteiger partial charge in [-0.1, -0.05) is 6.92 Å². The maximum absolute atomic E-state index is 3.52. The highest BCUT2D eigenvalue weighted by Gasteiger charge is 2.18. The molecule has 0 radical (unpaired) electrons. The second-order valence-electron chi connectivity index (χ2n) is 2.98. The second kappa shape index (κ2) is 2.95. The van der Waals surface area contributed by atoms with Gasteiger partial charge in [-0.2, -0.15) is 0 Å². The van der Waals surface area contributed by atoms with E-state index in [1.165, 1.54) is 12.8 Å². The van der Waals surface area contributed by atoms with Gasteiger partial charge in [0.1, 0.15) is 0 Å². The van der Waals surface area contributed by atoms with Crippen molar-refractivity contribution in [1.82, 2.24) is 5.32 Å². The molecule has 0 spiro atoms. The molecule has 11 heavy (non-hydrogen) atoms. The summed E-state index contributed by atoms with van der Waals surface area (Å²) in [7, 11) is 0. The highest BCUT2D eigenvalue weighted by Crippen LogP contribution is 2.29. The van der Waals surface area contributed by atoms with E-state index >= 15 is 0 Å². The fourth-order valence-electron chi connectivity index (χ4n) is 1.66. The molecule has 0 saturated carbocycles. The first-order valence-electron chi connectivity index (χ1n) is 4.21. The minimum atomic E-state index is 0.638. The third kappa shape index (κ3) is 1.21. The first-order valence-corrected chi connectivity index (χ1v) is 5.09. The lowest BCUT2D eigenvalue weighted by molar-refractivity contribution is 0.502. The van der Waals surface area contributed by atoms with Crippen LogP contribution in [0.2, 0.25) is 0 Å². The van der Waals surface area contributed by atoms with Gasteiger partial charge in [-0.25, -0.2) is 0 Å². The maximum Gasteiger partial charge on any atom is 0.0415 e. The number of nitrogens with one attached hydrogen (secondary N) is 1. The highest BCUT2D eigenvalue weighted by molar-refractivity contribution is 7.10. The van der Waals surface area contributed by atoms with Gasteiger partial charge in [0, 0.05) is 10.9 Å². The van der Waals surface area contributed by atoms with Crippen molar-refractivity contribution in [2.45, 2.75) is 25.8 Å². The zero-order chi connectivity index (χ0) is 7.68. The lowest BCUT2D eigenvalue weighted by Gasteiger charge is -2.22. The molecule has 1 atom stereocenters. The summed E-state index contributed by atoms with van der Waals surface area (Å²) < 4.78 is 0. The smallest absolute Gasteiger partial charge is 0.0415 e. The van der Waals surface area contributed by atoms with Crippen LogP contribution in [0.25, 0.3) is 0 Å². The van der Waals surface area contributed by atoms with Crippen molar-refractivity contribution in [2.24, 2.45) is 0 Å². The third-order valence-corrected chi connectivity index (χ3v) is 3.36. The minimum absolute atomic E-state index is 0.638. The fraction of sp³-hybridized carbons (Fsp3) is 0.556. The molecule has 0 aliphatic carbocycles. The molecule has 1 aromatic rings. The van der Waals surface area contributed by atoms with E-state index in [0.717, 1.165) is 6.54 Å². The average Bonchev–Trinajstić information content (AvgIpc) is 2.50. The van der Waals surface area contributed by atoms with E-state index in [2.05, 4.69) is 23.7 Å². The van der Waals surface area contributed by atoms with Gasteiger partial charge in [0.25, 0.3) is 0 Å². The Morgan fingerprint density at radius 2 is 2.64 bits per heavy atom. The van der Waals surface area contributed by atoms with E-state index < -0.39 is 0 Å². The minimum Gasteiger partial charge on any atom is -0.309 e. The van der Waals surface area contributed by atoms with Gasteiger partial charge in [-0.3, -0.25) is 0 Å². The predicted octanol–water partition coefficient (Wildman–Crippen LogP) is 2.34. The fourth-order valence-corrected chi connectivity index (χ4v) is 2.78. The standard InChI is InChI=1S/C9H13NS/c1-2-8-9-7(3-5-10-8)4-6-11-9/h4,6,8,10H,2-3,5H2,1H3. The summed E-state index contributed by atoms with van der Waals surface area (Å²) in [5.41, 5.74) is 1.57. The Labute approximate surface area is 71.4 Å². The molecule has 0 aromatic carbocycles. The van der Waals surface area contributed by atoms with Crippen molar-refractivity contribution in [2.75, 3.05) is 6.54 Å². The van der Waals surface area contributed by atoms with Gasteiger partial charge in [0.05, 0.1) is 0 Å². The SMILES string of the molecule is CCC1NCCc2ccsc21. The largest absolute Gasteiger partial charge is 0.309 e. The molecule has 2 heterocycles. The molecular weight excluding hydrogens is 154 g/mol. The molecule has 60 valence electrons. The molecule has 2 rings (SSSR count). The molecule has 0 fully saturated rings. The van der Waals surface area contributed by atoms with E-state index in [9.17, 15) is 0 Å². The van der Waals surface area contributed by atoms with Gasteiger partial charge < -0.3 is 5.32 Å². The summed E-state index contributed by atoms with van der Waals surface area (Å²) in [4.78, 5) is 1.57. The Morgan fingerprint density at radius 1 is 1.73 bits per heavy atom. The number of fused-ring (bicyclic) bond motifs is 1. The molecule has 1 aliphatic heterocycles. The molecule has 0 amide bonds. The van der Waals surface area contributed by atoms with Crippen LogP contribution in [-0.2, 0) is 6.42 Å². The summed E-state index contributed by atoms with van der Waals surface area (Å²) in [6, 6.07) is 2.91. The normalized spacial score (nSPS) is 23.2. The molecule has 1 N–H and O–H groups in total. The van der Waals surface area contributed by atoms with E-state index in [1.54, 1.807) is 10.4 Å². The summed E-state index contributed by atoms with van der Waals surface area (Å²) in [5.74, 6) is 0. The van der Waals surface area contributed by atoms with Crippen molar-refractivity contribution in [3.05, 3.63) is 21.9 Å². The van der Waals surface area contributed by atoms with E-state index in [0.29, 0.717) is 6.04 Å². The Bertz CT molecular complexity index is 241. The quantitative estimate of drug-likeness (QED) is 0.677. The van der Waals surface area contributed by atoms with E-state index in [1.807, 2.05) is 11.3 Å². The summed E-state index contributed by atoms with van der Waals surface area (Å²) in [6.45, 7) is 3.40. The molecule has 2 heteroatoms. The lowest BCUT2D eigenvalue weighted by Crippen LogP contribution is -2.27. The molecule has 0 bridgehead atoms. The first-order chi connectivity index (χ1) is 5.42. The molecule has 0 saturated heterocycles. The average molecular weight is 167 g/mol. The lowest BCUT2D eigenvalue weighted by atomic mass is 10.0. The van der Waals surface area contributed by atoms with Crippen LogP contribution in [0.15, 0.2) is 11.4 Å². The van der Waals surface area contributed by atoms with Gasteiger partial charge >= 0.3 is 0 Å². The molecular formula is C9H13NS. The third-order valence-electron chi connectivity index (χ3n) is 2.29. The summed E-state index contributed by atoms with van der Waals surface area (Å²) in [6.07, 6.45) is 2.43. The predicted molar refractivity (Wildman–Crippen MR) is 49.1 cm³/mol. The van der Waals surface area contributed by atoms with Crippen molar-refractivity contribution in [1.29, 1.82) is 0 Å². The molecule has 1 nitrogen and oxygen atoms in total. The van der Waals surface area contributed by atoms with Crippen LogP contribution in [0.4, 0.5) is 0 Å². The number of rotatable bonds is 1. The summed E-state index contributed by atoms with van der Waals surface area (Å²) in [5, 5.41) is 5.73. The van der Waals surface area contributed by atoms with Gasteiger partial charge in [0.15, 0.2) is 0 Å². The topological polar surface area (TPSA) is 12.0 Å². The molecule has 1 aromatic heterocycles. The Morgan fingerprint density at radius 3 is 3.45 bits per heavy atom. The highest BCUT2D eigenvalue weighted by atomic mass is 32.1. The number of hydrogen-bond acceptors (Lipinski definition) is 2. The zero-order valence-corrected chi connectivity index (χ0v) is 7.58. The van der Waals surface area contributed by atoms with Gasteiger partial charge in [0.2, 0.25) is 0 Å². The van der Waals surface area contributed by atoms with Crippen LogP contribution in [0.1, 0.15) is 29.8 Å². The van der Waals surface area contributed by atoms with Crippen LogP contribution < -0.4 is 5.32 Å². The van der Waals surface area contributed by atoms with Crippen LogP contribution in [0.3, 0.4) is 0 Å². The van der Waals surface area contributed by atoms with Crippen molar-refractivity contribution >= 4 is 11.3 Å². The van der Waals surface area contributed by atoms with Crippen molar-refractivity contribution in [3.8, 4) is 0 Å². The zero-order valence-electron chi connectivity index (χ0n) is 6.76. The van der Waals surface area contributed by atoms with Crippen molar-refractivity contribution in [3.63, 3.8) is 0 Å². The Balaban J connectivity index is 2.32. The summed E-state index contributed by atoms with van der Waals surface area (Å²) >= 11 is 1.90. The van der Waals surface area contributed by atoms with Gasteiger partial charge in [-0.15, -0.1) is 11.3 Å². The number of hydrogen-bond donors (Lipinski definition) is 1. The second-order valence-corrected chi connectivity index (χ2v) is 3.92. The Hall–Kier alpha value is -0.340. The van der Waals surface area contributed by atoms with Crippen LogP contribution in [0.5, 0.6) is 0 Å². The van der Waals surface area contributed by atoms with Crippen LogP contribution in [0, 0.1) is 0 Å². The van der Waals surface area contributed by atoms with E-state index in [4.69, 9.17) is 0 Å². The monoisotopic (exact) mass is 167 g/mol.